The average Bonchev–Trinajstić information content (AvgIpc) is 2.14. The highest BCUT2D eigenvalue weighted by molar-refractivity contribution is 5.51. The maximum atomic E-state index is 5.92. The van der Waals surface area contributed by atoms with Crippen molar-refractivity contribution in [3.63, 3.8) is 0 Å². The molecule has 2 nitrogen and oxygen atoms in total. The van der Waals surface area contributed by atoms with Crippen LogP contribution in [0.5, 0.6) is 0 Å². The minimum atomic E-state index is 0.934. The highest BCUT2D eigenvalue weighted by atomic mass is 15.0. The van der Waals surface area contributed by atoms with Crippen LogP contribution in [0.15, 0.2) is 18.2 Å². The summed E-state index contributed by atoms with van der Waals surface area (Å²) >= 11 is 0. The molecule has 0 bridgehead atoms. The third-order valence-corrected chi connectivity index (χ3v) is 2.49. The van der Waals surface area contributed by atoms with E-state index in [1.165, 1.54) is 11.1 Å². The van der Waals surface area contributed by atoms with Crippen LogP contribution in [0.25, 0.3) is 0 Å². The fourth-order valence-corrected chi connectivity index (χ4v) is 1.66. The van der Waals surface area contributed by atoms with Gasteiger partial charge in [-0.2, -0.15) is 0 Å². The zero-order valence-corrected chi connectivity index (χ0v) is 9.38. The van der Waals surface area contributed by atoms with Crippen molar-refractivity contribution in [3.8, 4) is 0 Å². The Balaban J connectivity index is 2.80. The second-order valence-corrected chi connectivity index (χ2v) is 3.89. The Morgan fingerprint density at radius 3 is 2.57 bits per heavy atom. The molecular formula is C12H20N2. The molecule has 14 heavy (non-hydrogen) atoms. The Morgan fingerprint density at radius 1 is 1.29 bits per heavy atom. The maximum absolute atomic E-state index is 5.92. The Bertz CT molecular complexity index is 292. The average molecular weight is 192 g/mol. The van der Waals surface area contributed by atoms with E-state index < -0.39 is 0 Å². The van der Waals surface area contributed by atoms with Gasteiger partial charge in [0.05, 0.1) is 0 Å². The minimum Gasteiger partial charge on any atom is -0.398 e. The number of nitrogens with zero attached hydrogens (tertiary/aromatic N) is 1. The summed E-state index contributed by atoms with van der Waals surface area (Å²) in [5.74, 6) is 0. The molecule has 2 heteroatoms. The van der Waals surface area contributed by atoms with Crippen LogP contribution in [0, 0.1) is 0 Å². The molecule has 0 saturated carbocycles. The van der Waals surface area contributed by atoms with Gasteiger partial charge in [0.25, 0.3) is 0 Å². The molecule has 0 aliphatic carbocycles. The minimum absolute atomic E-state index is 0.934. The van der Waals surface area contributed by atoms with Gasteiger partial charge < -0.3 is 10.6 Å². The molecule has 0 aromatic heterocycles. The van der Waals surface area contributed by atoms with Crippen molar-refractivity contribution in [2.45, 2.75) is 19.8 Å². The molecule has 0 radical (unpaired) electrons. The topological polar surface area (TPSA) is 29.3 Å². The van der Waals surface area contributed by atoms with Crippen molar-refractivity contribution in [3.05, 3.63) is 29.3 Å². The molecule has 0 atom stereocenters. The number of likely N-dealkylation sites (N-methyl/N-ethyl adjacent to an activating group) is 1. The van der Waals surface area contributed by atoms with E-state index in [0.29, 0.717) is 0 Å². The van der Waals surface area contributed by atoms with Crippen molar-refractivity contribution in [1.29, 1.82) is 0 Å². The molecule has 78 valence electrons. The summed E-state index contributed by atoms with van der Waals surface area (Å²) in [6, 6.07) is 6.20. The lowest BCUT2D eigenvalue weighted by Gasteiger charge is -2.13. The van der Waals surface area contributed by atoms with Gasteiger partial charge in [0.15, 0.2) is 0 Å². The first-order valence-corrected chi connectivity index (χ1v) is 5.16. The fourth-order valence-electron chi connectivity index (χ4n) is 1.66. The quantitative estimate of drug-likeness (QED) is 0.739. The van der Waals surface area contributed by atoms with Gasteiger partial charge in [-0.3, -0.25) is 0 Å². The number of hydrogen-bond acceptors (Lipinski definition) is 2. The number of nitrogen functional groups attached to an aromatic ring is 1. The van der Waals surface area contributed by atoms with E-state index in [2.05, 4.69) is 32.0 Å². The lowest BCUT2D eigenvalue weighted by Crippen LogP contribution is -2.16. The number of anilines is 1. The molecular weight excluding hydrogens is 172 g/mol. The van der Waals surface area contributed by atoms with Crippen LogP contribution in [0.2, 0.25) is 0 Å². The van der Waals surface area contributed by atoms with Gasteiger partial charge in [-0.15, -0.1) is 0 Å². The van der Waals surface area contributed by atoms with Crippen LogP contribution in [-0.4, -0.2) is 25.5 Å². The van der Waals surface area contributed by atoms with Gasteiger partial charge in [-0.25, -0.2) is 0 Å². The lowest BCUT2D eigenvalue weighted by molar-refractivity contribution is 0.413. The molecule has 0 aliphatic rings. The third-order valence-electron chi connectivity index (χ3n) is 2.49. The summed E-state index contributed by atoms with van der Waals surface area (Å²) in [5, 5.41) is 0. The largest absolute Gasteiger partial charge is 0.398 e. The van der Waals surface area contributed by atoms with Gasteiger partial charge >= 0.3 is 0 Å². The summed E-state index contributed by atoms with van der Waals surface area (Å²) in [7, 11) is 4.19. The number of rotatable bonds is 4. The molecule has 0 amide bonds. The highest BCUT2D eigenvalue weighted by Crippen LogP contribution is 2.18. The predicted molar refractivity (Wildman–Crippen MR) is 62.5 cm³/mol. The van der Waals surface area contributed by atoms with Crippen LogP contribution >= 0.6 is 0 Å². The zero-order chi connectivity index (χ0) is 10.6. The monoisotopic (exact) mass is 192 g/mol. The number of nitrogens with two attached hydrogens (primary N) is 1. The highest BCUT2D eigenvalue weighted by Gasteiger charge is 2.03. The molecule has 1 rings (SSSR count). The van der Waals surface area contributed by atoms with Crippen molar-refractivity contribution in [2.24, 2.45) is 0 Å². The lowest BCUT2D eigenvalue weighted by atomic mass is 10.0. The third kappa shape index (κ3) is 2.74. The van der Waals surface area contributed by atoms with E-state index in [4.69, 9.17) is 5.73 Å². The molecule has 0 unspecified atom stereocenters. The summed E-state index contributed by atoms with van der Waals surface area (Å²) in [6.45, 7) is 3.24. The summed E-state index contributed by atoms with van der Waals surface area (Å²) in [4.78, 5) is 2.20. The molecule has 2 N–H and O–H groups in total. The van der Waals surface area contributed by atoms with Gasteiger partial charge in [0, 0.05) is 12.2 Å². The summed E-state index contributed by atoms with van der Waals surface area (Å²) in [6.07, 6.45) is 2.11. The van der Waals surface area contributed by atoms with E-state index in [1.807, 2.05) is 12.1 Å². The van der Waals surface area contributed by atoms with Crippen LogP contribution in [-0.2, 0) is 12.8 Å². The molecule has 0 aliphatic heterocycles. The SMILES string of the molecule is CCc1c(N)cccc1CCN(C)C. The summed E-state index contributed by atoms with van der Waals surface area (Å²) in [5.41, 5.74) is 9.56. The van der Waals surface area contributed by atoms with Gasteiger partial charge in [0.1, 0.15) is 0 Å². The van der Waals surface area contributed by atoms with E-state index in [1.54, 1.807) is 0 Å². The van der Waals surface area contributed by atoms with Crippen molar-refractivity contribution < 1.29 is 0 Å². The van der Waals surface area contributed by atoms with Gasteiger partial charge in [-0.05, 0) is 44.1 Å². The van der Waals surface area contributed by atoms with Crippen molar-refractivity contribution in [2.75, 3.05) is 26.4 Å². The predicted octanol–water partition coefficient (Wildman–Crippen LogP) is 1.94. The van der Waals surface area contributed by atoms with Gasteiger partial charge in [-0.1, -0.05) is 19.1 Å². The molecule has 1 aromatic carbocycles. The van der Waals surface area contributed by atoms with Crippen molar-refractivity contribution in [1.82, 2.24) is 4.90 Å². The normalized spacial score (nSPS) is 10.9. The molecule has 1 aromatic rings. The maximum Gasteiger partial charge on any atom is 0.0349 e. The van der Waals surface area contributed by atoms with Crippen LogP contribution in [0.3, 0.4) is 0 Å². The first kappa shape index (κ1) is 11.1. The molecule has 0 spiro atoms. The standard InChI is InChI=1S/C12H20N2/c1-4-11-10(8-9-14(2)3)6-5-7-12(11)13/h5-7H,4,8-9,13H2,1-3H3. The van der Waals surface area contributed by atoms with Crippen molar-refractivity contribution >= 4 is 5.69 Å². The molecule has 0 fully saturated rings. The van der Waals surface area contributed by atoms with Crippen LogP contribution < -0.4 is 5.73 Å². The molecule has 0 saturated heterocycles. The number of hydrogen-bond donors (Lipinski definition) is 1. The Labute approximate surface area is 86.7 Å². The van der Waals surface area contributed by atoms with E-state index in [0.717, 1.165) is 25.1 Å². The smallest absolute Gasteiger partial charge is 0.0349 e. The Morgan fingerprint density at radius 2 is 2.00 bits per heavy atom. The molecule has 0 heterocycles. The van der Waals surface area contributed by atoms with Gasteiger partial charge in [0.2, 0.25) is 0 Å². The number of benzene rings is 1. The second kappa shape index (κ2) is 5.01. The first-order valence-electron chi connectivity index (χ1n) is 5.16. The fraction of sp³-hybridized carbons (Fsp3) is 0.500. The summed E-state index contributed by atoms with van der Waals surface area (Å²) < 4.78 is 0. The van der Waals surface area contributed by atoms with Crippen LogP contribution in [0.1, 0.15) is 18.1 Å². The second-order valence-electron chi connectivity index (χ2n) is 3.89. The first-order chi connectivity index (χ1) is 6.65. The van der Waals surface area contributed by atoms with Crippen LogP contribution in [0.4, 0.5) is 5.69 Å². The van der Waals surface area contributed by atoms with E-state index >= 15 is 0 Å². The Kier molecular flexibility index (Phi) is 3.96. The van der Waals surface area contributed by atoms with E-state index in [-0.39, 0.29) is 0 Å². The van der Waals surface area contributed by atoms with E-state index in [9.17, 15) is 0 Å². The zero-order valence-electron chi connectivity index (χ0n) is 9.38. The Hall–Kier alpha value is -1.02.